The summed E-state index contributed by atoms with van der Waals surface area (Å²) in [6, 6.07) is 0. The summed E-state index contributed by atoms with van der Waals surface area (Å²) in [7, 11) is 0. The zero-order valence-electron chi connectivity index (χ0n) is 16.9. The Balaban J connectivity index is 3.71. The van der Waals surface area contributed by atoms with Gasteiger partial charge >= 0.3 is 5.97 Å². The maximum absolute atomic E-state index is 11.8. The molecule has 0 aliphatic rings. The molecule has 0 atom stereocenters. The minimum absolute atomic E-state index is 0.0198. The molecule has 0 rings (SSSR count). The standard InChI is InChI=1S/C22H44O2/c1-4-7-10-11-14-20-24-22(23)19-15-18-21(16-12-8-5-2)17-13-9-6-3/h21H,4-20H2,1-3H3. The molecule has 0 saturated heterocycles. The van der Waals surface area contributed by atoms with Gasteiger partial charge in [0.2, 0.25) is 0 Å². The molecule has 0 unspecified atom stereocenters. The van der Waals surface area contributed by atoms with Crippen LogP contribution in [-0.4, -0.2) is 12.6 Å². The van der Waals surface area contributed by atoms with E-state index in [1.165, 1.54) is 83.5 Å². The smallest absolute Gasteiger partial charge is 0.305 e. The summed E-state index contributed by atoms with van der Waals surface area (Å²) < 4.78 is 5.36. The van der Waals surface area contributed by atoms with Crippen molar-refractivity contribution in [2.75, 3.05) is 6.61 Å². The number of ether oxygens (including phenoxy) is 1. The van der Waals surface area contributed by atoms with Crippen LogP contribution in [0.25, 0.3) is 0 Å². The van der Waals surface area contributed by atoms with E-state index < -0.39 is 0 Å². The van der Waals surface area contributed by atoms with Crippen LogP contribution in [-0.2, 0) is 9.53 Å². The molecule has 0 spiro atoms. The van der Waals surface area contributed by atoms with Crippen LogP contribution in [0.1, 0.15) is 124 Å². The van der Waals surface area contributed by atoms with Crippen molar-refractivity contribution < 1.29 is 9.53 Å². The highest BCUT2D eigenvalue weighted by atomic mass is 16.5. The second-order valence-corrected chi connectivity index (χ2v) is 7.38. The predicted octanol–water partition coefficient (Wildman–Crippen LogP) is 7.45. The topological polar surface area (TPSA) is 26.3 Å². The number of carbonyl (C=O) groups is 1. The molecule has 0 heterocycles. The first kappa shape index (κ1) is 23.5. The van der Waals surface area contributed by atoms with E-state index in [0.29, 0.717) is 13.0 Å². The molecule has 2 heteroatoms. The minimum Gasteiger partial charge on any atom is -0.466 e. The lowest BCUT2D eigenvalue weighted by Crippen LogP contribution is -2.08. The highest BCUT2D eigenvalue weighted by Crippen LogP contribution is 2.23. The summed E-state index contributed by atoms with van der Waals surface area (Å²) in [6.45, 7) is 7.38. The third-order valence-electron chi connectivity index (χ3n) is 4.94. The van der Waals surface area contributed by atoms with E-state index in [0.717, 1.165) is 18.8 Å². The number of hydrogen-bond donors (Lipinski definition) is 0. The van der Waals surface area contributed by atoms with E-state index in [1.807, 2.05) is 0 Å². The molecule has 0 bridgehead atoms. The fourth-order valence-electron chi connectivity index (χ4n) is 3.30. The lowest BCUT2D eigenvalue weighted by molar-refractivity contribution is -0.143. The quantitative estimate of drug-likeness (QED) is 0.191. The summed E-state index contributed by atoms with van der Waals surface area (Å²) in [5.41, 5.74) is 0. The van der Waals surface area contributed by atoms with E-state index in [-0.39, 0.29) is 5.97 Å². The van der Waals surface area contributed by atoms with Gasteiger partial charge in [0.05, 0.1) is 6.61 Å². The first-order chi connectivity index (χ1) is 11.7. The van der Waals surface area contributed by atoms with Crippen molar-refractivity contribution in [1.82, 2.24) is 0 Å². The van der Waals surface area contributed by atoms with E-state index in [1.54, 1.807) is 0 Å². The Morgan fingerprint density at radius 2 is 1.17 bits per heavy atom. The number of carbonyl (C=O) groups excluding carboxylic acids is 1. The van der Waals surface area contributed by atoms with E-state index in [2.05, 4.69) is 20.8 Å². The van der Waals surface area contributed by atoms with Gasteiger partial charge in [0.1, 0.15) is 0 Å². The Hall–Kier alpha value is -0.530. The zero-order chi connectivity index (χ0) is 17.9. The summed E-state index contributed by atoms with van der Waals surface area (Å²) in [5.74, 6) is 0.844. The molecule has 0 aromatic carbocycles. The third kappa shape index (κ3) is 16.3. The van der Waals surface area contributed by atoms with Gasteiger partial charge in [-0.05, 0) is 25.2 Å². The third-order valence-corrected chi connectivity index (χ3v) is 4.94. The Morgan fingerprint density at radius 1 is 0.667 bits per heavy atom. The van der Waals surface area contributed by atoms with Crippen molar-refractivity contribution in [3.8, 4) is 0 Å². The molecule has 144 valence electrons. The summed E-state index contributed by atoms with van der Waals surface area (Å²) in [6.07, 6.45) is 19.6. The van der Waals surface area contributed by atoms with Crippen LogP contribution in [0.3, 0.4) is 0 Å². The van der Waals surface area contributed by atoms with E-state index >= 15 is 0 Å². The van der Waals surface area contributed by atoms with Crippen molar-refractivity contribution in [3.05, 3.63) is 0 Å². The van der Waals surface area contributed by atoms with E-state index in [9.17, 15) is 4.79 Å². The molecular formula is C22H44O2. The van der Waals surface area contributed by atoms with E-state index in [4.69, 9.17) is 4.74 Å². The fourth-order valence-corrected chi connectivity index (χ4v) is 3.30. The molecule has 0 aliphatic carbocycles. The highest BCUT2D eigenvalue weighted by molar-refractivity contribution is 5.69. The number of hydrogen-bond acceptors (Lipinski definition) is 2. The van der Waals surface area contributed by atoms with Crippen molar-refractivity contribution in [2.45, 2.75) is 124 Å². The van der Waals surface area contributed by atoms with Gasteiger partial charge in [-0.15, -0.1) is 0 Å². The summed E-state index contributed by atoms with van der Waals surface area (Å²) in [5, 5.41) is 0. The first-order valence-corrected chi connectivity index (χ1v) is 10.9. The van der Waals surface area contributed by atoms with Crippen molar-refractivity contribution in [3.63, 3.8) is 0 Å². The molecule has 0 N–H and O–H groups in total. The van der Waals surface area contributed by atoms with Crippen LogP contribution in [0.2, 0.25) is 0 Å². The van der Waals surface area contributed by atoms with Gasteiger partial charge < -0.3 is 4.74 Å². The number of unbranched alkanes of at least 4 members (excludes halogenated alkanes) is 8. The maximum atomic E-state index is 11.8. The molecule has 0 aliphatic heterocycles. The maximum Gasteiger partial charge on any atom is 0.305 e. The fraction of sp³-hybridized carbons (Fsp3) is 0.955. The average Bonchev–Trinajstić information content (AvgIpc) is 2.58. The lowest BCUT2D eigenvalue weighted by Gasteiger charge is -2.16. The molecule has 0 fully saturated rings. The van der Waals surface area contributed by atoms with Gasteiger partial charge in [0.15, 0.2) is 0 Å². The van der Waals surface area contributed by atoms with Gasteiger partial charge in [-0.3, -0.25) is 4.79 Å². The predicted molar refractivity (Wildman–Crippen MR) is 105 cm³/mol. The Morgan fingerprint density at radius 3 is 1.75 bits per heavy atom. The molecule has 0 aromatic rings. The van der Waals surface area contributed by atoms with Crippen molar-refractivity contribution in [2.24, 2.45) is 5.92 Å². The Labute approximate surface area is 152 Å². The van der Waals surface area contributed by atoms with Crippen LogP contribution in [0.5, 0.6) is 0 Å². The monoisotopic (exact) mass is 340 g/mol. The van der Waals surface area contributed by atoms with Gasteiger partial charge in [0, 0.05) is 6.42 Å². The Kier molecular flexibility index (Phi) is 18.4. The first-order valence-electron chi connectivity index (χ1n) is 10.9. The number of esters is 1. The average molecular weight is 341 g/mol. The van der Waals surface area contributed by atoms with Gasteiger partial charge in [0.25, 0.3) is 0 Å². The van der Waals surface area contributed by atoms with Crippen LogP contribution in [0.15, 0.2) is 0 Å². The van der Waals surface area contributed by atoms with Crippen LogP contribution in [0.4, 0.5) is 0 Å². The molecule has 24 heavy (non-hydrogen) atoms. The second kappa shape index (κ2) is 18.8. The summed E-state index contributed by atoms with van der Waals surface area (Å²) in [4.78, 5) is 11.8. The molecule has 2 nitrogen and oxygen atoms in total. The largest absolute Gasteiger partial charge is 0.466 e. The molecular weight excluding hydrogens is 296 g/mol. The molecule has 0 aromatic heterocycles. The zero-order valence-corrected chi connectivity index (χ0v) is 16.9. The van der Waals surface area contributed by atoms with Gasteiger partial charge in [-0.2, -0.15) is 0 Å². The van der Waals surface area contributed by atoms with Crippen molar-refractivity contribution >= 4 is 5.97 Å². The Bertz CT molecular complexity index is 253. The highest BCUT2D eigenvalue weighted by Gasteiger charge is 2.10. The summed E-state index contributed by atoms with van der Waals surface area (Å²) >= 11 is 0. The normalized spacial score (nSPS) is 11.2. The minimum atomic E-state index is 0.0198. The molecule has 0 saturated carbocycles. The van der Waals surface area contributed by atoms with Gasteiger partial charge in [-0.1, -0.05) is 97.8 Å². The van der Waals surface area contributed by atoms with Crippen molar-refractivity contribution in [1.29, 1.82) is 0 Å². The lowest BCUT2D eigenvalue weighted by atomic mass is 9.90. The van der Waals surface area contributed by atoms with Crippen LogP contribution in [0, 0.1) is 5.92 Å². The van der Waals surface area contributed by atoms with Crippen LogP contribution < -0.4 is 0 Å². The molecule has 0 amide bonds. The SMILES string of the molecule is CCCCCCCOC(=O)CCCC(CCCCC)CCCCC. The van der Waals surface area contributed by atoms with Gasteiger partial charge in [-0.25, -0.2) is 0 Å². The number of rotatable bonds is 18. The van der Waals surface area contributed by atoms with Crippen LogP contribution >= 0.6 is 0 Å². The second-order valence-electron chi connectivity index (χ2n) is 7.38. The molecule has 0 radical (unpaired) electrons.